The van der Waals surface area contributed by atoms with Crippen molar-refractivity contribution in [2.45, 2.75) is 82.9 Å². The summed E-state index contributed by atoms with van der Waals surface area (Å²) in [5.41, 5.74) is 0.781. The second-order valence-corrected chi connectivity index (χ2v) is 14.6. The average molecular weight is 777 g/mol. The van der Waals surface area contributed by atoms with Gasteiger partial charge in [0.05, 0.1) is 4.92 Å². The van der Waals surface area contributed by atoms with E-state index in [1.165, 1.54) is 24.3 Å². The molecule has 3 amide bonds. The van der Waals surface area contributed by atoms with Crippen molar-refractivity contribution in [3.63, 3.8) is 0 Å². The van der Waals surface area contributed by atoms with Crippen LogP contribution in [0.4, 0.5) is 15.3 Å². The van der Waals surface area contributed by atoms with Crippen LogP contribution >= 0.6 is 0 Å². The standard InChI is InChI=1S/C43H48N6O8/c1-30(16-14-15-29-44-40(51)56-42(2,3)4)38-46-39(57-48-38)36(45-41(52)55-35-25-23-34(24-26-35)49(53)54)27-28-37(50)47-43(31-17-8-5-9-18-31,32-19-10-6-11-20-32)33-21-12-7-13-22-33/h5-13,17-26,30,36H,14-16,27-29H2,1-4H3,(H,44,51)(H,45,52)(H,47,50)/t30-,36-/m0/s1. The molecule has 0 radical (unpaired) electrons. The number of carbonyl (C=O) groups excluding carboxylic acids is 3. The zero-order valence-electron chi connectivity index (χ0n) is 32.5. The molecule has 0 saturated heterocycles. The van der Waals surface area contributed by atoms with Crippen molar-refractivity contribution in [3.05, 3.63) is 154 Å². The smallest absolute Gasteiger partial charge is 0.413 e. The molecular weight excluding hydrogens is 729 g/mol. The first-order chi connectivity index (χ1) is 27.3. The lowest BCUT2D eigenvalue weighted by Crippen LogP contribution is -2.48. The molecule has 1 heterocycles. The molecule has 0 spiro atoms. The van der Waals surface area contributed by atoms with Crippen molar-refractivity contribution in [1.82, 2.24) is 26.1 Å². The third-order valence-corrected chi connectivity index (χ3v) is 9.09. The van der Waals surface area contributed by atoms with Gasteiger partial charge in [-0.3, -0.25) is 14.9 Å². The Morgan fingerprint density at radius 1 is 0.789 bits per heavy atom. The molecule has 1 aromatic heterocycles. The number of unbranched alkanes of at least 4 members (excludes halogenated alkanes) is 1. The quantitative estimate of drug-likeness (QED) is 0.0358. The molecule has 5 aromatic rings. The molecule has 14 nitrogen and oxygen atoms in total. The number of amides is 3. The molecule has 14 heteroatoms. The van der Waals surface area contributed by atoms with E-state index in [-0.39, 0.29) is 42.0 Å². The van der Waals surface area contributed by atoms with Gasteiger partial charge in [0.2, 0.25) is 11.8 Å². The summed E-state index contributed by atoms with van der Waals surface area (Å²) in [6, 6.07) is 33.3. The van der Waals surface area contributed by atoms with Gasteiger partial charge in [-0.05, 0) is 68.9 Å². The first kappa shape index (κ1) is 41.6. The minimum absolute atomic E-state index is 0.0575. The van der Waals surface area contributed by atoms with Crippen LogP contribution in [0, 0.1) is 10.1 Å². The van der Waals surface area contributed by atoms with Crippen LogP contribution in [0.25, 0.3) is 0 Å². The summed E-state index contributed by atoms with van der Waals surface area (Å²) >= 11 is 0. The van der Waals surface area contributed by atoms with Crippen molar-refractivity contribution in [2.75, 3.05) is 6.54 Å². The molecule has 0 aliphatic carbocycles. The molecule has 2 atom stereocenters. The predicted octanol–water partition coefficient (Wildman–Crippen LogP) is 8.49. The summed E-state index contributed by atoms with van der Waals surface area (Å²) in [6.45, 7) is 7.81. The van der Waals surface area contributed by atoms with Crippen molar-refractivity contribution in [1.29, 1.82) is 0 Å². The zero-order chi connectivity index (χ0) is 40.8. The highest BCUT2D eigenvalue weighted by atomic mass is 16.6. The Morgan fingerprint density at radius 3 is 1.88 bits per heavy atom. The number of ether oxygens (including phenoxy) is 2. The number of hydrogen-bond donors (Lipinski definition) is 3. The molecule has 4 aromatic carbocycles. The topological polar surface area (TPSA) is 188 Å². The van der Waals surface area contributed by atoms with Crippen LogP contribution in [-0.4, -0.2) is 45.3 Å². The molecule has 0 fully saturated rings. The lowest BCUT2D eigenvalue weighted by Gasteiger charge is -2.37. The maximum absolute atomic E-state index is 14.2. The molecule has 298 valence electrons. The summed E-state index contributed by atoms with van der Waals surface area (Å²) in [4.78, 5) is 54.5. The second kappa shape index (κ2) is 19.3. The lowest BCUT2D eigenvalue weighted by atomic mass is 9.77. The number of rotatable bonds is 17. The lowest BCUT2D eigenvalue weighted by molar-refractivity contribution is -0.384. The van der Waals surface area contributed by atoms with Gasteiger partial charge in [0.15, 0.2) is 5.82 Å². The van der Waals surface area contributed by atoms with Gasteiger partial charge in [-0.15, -0.1) is 0 Å². The number of nitrogens with one attached hydrogen (secondary N) is 3. The zero-order valence-corrected chi connectivity index (χ0v) is 32.5. The highest BCUT2D eigenvalue weighted by Gasteiger charge is 2.38. The van der Waals surface area contributed by atoms with Crippen LogP contribution in [0.15, 0.2) is 120 Å². The van der Waals surface area contributed by atoms with Crippen LogP contribution in [0.3, 0.4) is 0 Å². The molecular formula is C43H48N6O8. The van der Waals surface area contributed by atoms with Crippen molar-refractivity contribution < 1.29 is 33.3 Å². The fourth-order valence-electron chi connectivity index (χ4n) is 6.30. The Hall–Kier alpha value is -6.57. The Kier molecular flexibility index (Phi) is 14.1. The minimum Gasteiger partial charge on any atom is -0.444 e. The average Bonchev–Trinajstić information content (AvgIpc) is 3.69. The summed E-state index contributed by atoms with van der Waals surface area (Å²) in [6.07, 6.45) is 0.805. The predicted molar refractivity (Wildman–Crippen MR) is 212 cm³/mol. The number of nitro benzene ring substituents is 1. The highest BCUT2D eigenvalue weighted by Crippen LogP contribution is 2.37. The van der Waals surface area contributed by atoms with E-state index in [4.69, 9.17) is 14.0 Å². The summed E-state index contributed by atoms with van der Waals surface area (Å²) in [5.74, 6) is 0.145. The van der Waals surface area contributed by atoms with Crippen LogP contribution in [-0.2, 0) is 15.1 Å². The van der Waals surface area contributed by atoms with E-state index in [1.54, 1.807) is 20.8 Å². The van der Waals surface area contributed by atoms with Gasteiger partial charge in [0, 0.05) is 31.0 Å². The summed E-state index contributed by atoms with van der Waals surface area (Å²) < 4.78 is 16.4. The molecule has 0 unspecified atom stereocenters. The monoisotopic (exact) mass is 776 g/mol. The number of nitro groups is 1. The van der Waals surface area contributed by atoms with Gasteiger partial charge >= 0.3 is 12.2 Å². The fraction of sp³-hybridized carbons (Fsp3) is 0.326. The van der Waals surface area contributed by atoms with Gasteiger partial charge in [-0.2, -0.15) is 4.98 Å². The second-order valence-electron chi connectivity index (χ2n) is 14.6. The van der Waals surface area contributed by atoms with E-state index in [0.717, 1.165) is 23.1 Å². The largest absolute Gasteiger partial charge is 0.444 e. The maximum Gasteiger partial charge on any atom is 0.413 e. The van der Waals surface area contributed by atoms with Gasteiger partial charge in [-0.1, -0.05) is 109 Å². The molecule has 0 aliphatic rings. The number of hydrogen-bond acceptors (Lipinski definition) is 10. The van der Waals surface area contributed by atoms with Crippen molar-refractivity contribution in [2.24, 2.45) is 0 Å². The molecule has 3 N–H and O–H groups in total. The Morgan fingerprint density at radius 2 is 1.35 bits per heavy atom. The molecule has 5 rings (SSSR count). The van der Waals surface area contributed by atoms with Crippen LogP contribution < -0.4 is 20.7 Å². The van der Waals surface area contributed by atoms with E-state index in [2.05, 4.69) is 26.1 Å². The van der Waals surface area contributed by atoms with Gasteiger partial charge in [0.1, 0.15) is 22.9 Å². The van der Waals surface area contributed by atoms with Crippen LogP contribution in [0.2, 0.25) is 0 Å². The SMILES string of the molecule is C[C@@H](CCCCNC(=O)OC(C)(C)C)c1noc([C@H](CCC(=O)NC(c2ccccc2)(c2ccccc2)c2ccccc2)NC(=O)Oc2ccc([N+](=O)[O-])cc2)n1. The van der Waals surface area contributed by atoms with Crippen molar-refractivity contribution in [3.8, 4) is 5.75 Å². The molecule has 57 heavy (non-hydrogen) atoms. The highest BCUT2D eigenvalue weighted by molar-refractivity contribution is 5.79. The Bertz CT molecular complexity index is 1970. The number of carbonyl (C=O) groups is 3. The van der Waals surface area contributed by atoms with E-state index in [1.807, 2.05) is 97.9 Å². The number of benzene rings is 4. The maximum atomic E-state index is 14.2. The molecule has 0 saturated carbocycles. The summed E-state index contributed by atoms with van der Waals surface area (Å²) in [7, 11) is 0. The van der Waals surface area contributed by atoms with E-state index < -0.39 is 34.3 Å². The first-order valence-corrected chi connectivity index (χ1v) is 18.8. The van der Waals surface area contributed by atoms with E-state index in [0.29, 0.717) is 25.2 Å². The van der Waals surface area contributed by atoms with E-state index >= 15 is 0 Å². The Labute approximate surface area is 331 Å². The van der Waals surface area contributed by atoms with Gasteiger partial charge < -0.3 is 29.9 Å². The van der Waals surface area contributed by atoms with Gasteiger partial charge in [-0.25, -0.2) is 9.59 Å². The summed E-state index contributed by atoms with van der Waals surface area (Å²) in [5, 5.41) is 24.1. The van der Waals surface area contributed by atoms with E-state index in [9.17, 15) is 24.5 Å². The molecule has 0 bridgehead atoms. The first-order valence-electron chi connectivity index (χ1n) is 18.8. The number of non-ortho nitro benzene ring substituents is 1. The Balaban J connectivity index is 1.33. The minimum atomic E-state index is -1.05. The fourth-order valence-corrected chi connectivity index (χ4v) is 6.30. The third kappa shape index (κ3) is 11.7. The van der Waals surface area contributed by atoms with Gasteiger partial charge in [0.25, 0.3) is 5.69 Å². The number of aromatic nitrogens is 2. The van der Waals surface area contributed by atoms with Crippen LogP contribution in [0.5, 0.6) is 5.75 Å². The van der Waals surface area contributed by atoms with Crippen molar-refractivity contribution >= 4 is 23.8 Å². The molecule has 0 aliphatic heterocycles. The number of nitrogens with zero attached hydrogens (tertiary/aromatic N) is 3. The van der Waals surface area contributed by atoms with Crippen LogP contribution in [0.1, 0.15) is 100 Å². The number of alkyl carbamates (subject to hydrolysis) is 1. The normalized spacial score (nSPS) is 12.5. The third-order valence-electron chi connectivity index (χ3n) is 9.09.